The first kappa shape index (κ1) is 13.2. The van der Waals surface area contributed by atoms with E-state index in [2.05, 4.69) is 41.9 Å². The molecular formula is C16H20N2O2. The molecule has 0 fully saturated rings. The van der Waals surface area contributed by atoms with E-state index < -0.39 is 0 Å². The lowest BCUT2D eigenvalue weighted by Crippen LogP contribution is -2.07. The molecule has 0 saturated carbocycles. The van der Waals surface area contributed by atoms with Gasteiger partial charge in [0.05, 0.1) is 7.11 Å². The van der Waals surface area contributed by atoms with Crippen molar-refractivity contribution in [2.24, 2.45) is 7.05 Å². The zero-order chi connectivity index (χ0) is 14.3. The average molecular weight is 272 g/mol. The van der Waals surface area contributed by atoms with Crippen LogP contribution in [0.2, 0.25) is 0 Å². The summed E-state index contributed by atoms with van der Waals surface area (Å²) in [6.07, 6.45) is 3.30. The lowest BCUT2D eigenvalue weighted by molar-refractivity contribution is -0.140. The minimum absolute atomic E-state index is 0.150. The highest BCUT2D eigenvalue weighted by atomic mass is 16.5. The Labute approximate surface area is 118 Å². The maximum absolute atomic E-state index is 11.3. The zero-order valence-corrected chi connectivity index (χ0v) is 12.3. The third-order valence-corrected chi connectivity index (χ3v) is 4.10. The predicted octanol–water partition coefficient (Wildman–Crippen LogP) is 2.23. The number of benzene rings is 1. The summed E-state index contributed by atoms with van der Waals surface area (Å²) in [5, 5.41) is 1.27. The van der Waals surface area contributed by atoms with Crippen LogP contribution in [-0.2, 0) is 36.1 Å². The number of rotatable bonds is 3. The van der Waals surface area contributed by atoms with Gasteiger partial charge in [-0.1, -0.05) is 0 Å². The number of nitrogens with zero attached hydrogens (tertiary/aromatic N) is 2. The Morgan fingerprint density at radius 2 is 1.95 bits per heavy atom. The molecular weight excluding hydrogens is 252 g/mol. The van der Waals surface area contributed by atoms with E-state index in [-0.39, 0.29) is 5.97 Å². The Balaban J connectivity index is 1.98. The topological polar surface area (TPSA) is 34.5 Å². The molecule has 1 aliphatic heterocycles. The standard InChI is InChI=1S/C16H20N2O2/c1-17-8-12-6-14-11(4-5-16(19)20-3)10-18(2)15(14)7-13(12)9-17/h6-7,10H,4-5,8-9H2,1-3H3. The van der Waals surface area contributed by atoms with Gasteiger partial charge in [-0.25, -0.2) is 0 Å². The van der Waals surface area contributed by atoms with Crippen LogP contribution in [0.3, 0.4) is 0 Å². The van der Waals surface area contributed by atoms with Crippen molar-refractivity contribution in [1.82, 2.24) is 9.47 Å². The number of ether oxygens (including phenoxy) is 1. The fourth-order valence-electron chi connectivity index (χ4n) is 3.07. The molecule has 4 heteroatoms. The van der Waals surface area contributed by atoms with Crippen LogP contribution in [-0.4, -0.2) is 29.6 Å². The highest BCUT2D eigenvalue weighted by Crippen LogP contribution is 2.30. The minimum Gasteiger partial charge on any atom is -0.469 e. The second kappa shape index (κ2) is 4.94. The summed E-state index contributed by atoms with van der Waals surface area (Å²) < 4.78 is 6.88. The molecule has 1 aliphatic rings. The lowest BCUT2D eigenvalue weighted by Gasteiger charge is -2.02. The highest BCUT2D eigenvalue weighted by Gasteiger charge is 2.18. The third-order valence-electron chi connectivity index (χ3n) is 4.10. The normalized spacial score (nSPS) is 14.8. The van der Waals surface area contributed by atoms with Gasteiger partial charge in [0.1, 0.15) is 0 Å². The van der Waals surface area contributed by atoms with Crippen molar-refractivity contribution in [3.05, 3.63) is 35.0 Å². The molecule has 0 unspecified atom stereocenters. The summed E-state index contributed by atoms with van der Waals surface area (Å²) in [4.78, 5) is 13.6. The van der Waals surface area contributed by atoms with Gasteiger partial charge in [0.2, 0.25) is 0 Å². The zero-order valence-electron chi connectivity index (χ0n) is 12.3. The van der Waals surface area contributed by atoms with Crippen LogP contribution in [0.15, 0.2) is 18.3 Å². The van der Waals surface area contributed by atoms with Crippen molar-refractivity contribution in [3.8, 4) is 0 Å². The van der Waals surface area contributed by atoms with E-state index >= 15 is 0 Å². The largest absolute Gasteiger partial charge is 0.469 e. The minimum atomic E-state index is -0.150. The van der Waals surface area contributed by atoms with Gasteiger partial charge in [0.25, 0.3) is 0 Å². The van der Waals surface area contributed by atoms with Gasteiger partial charge in [-0.05, 0) is 42.3 Å². The van der Waals surface area contributed by atoms with Gasteiger partial charge in [-0.2, -0.15) is 0 Å². The van der Waals surface area contributed by atoms with Crippen LogP contribution in [0.25, 0.3) is 10.9 Å². The number of fused-ring (bicyclic) bond motifs is 2. The lowest BCUT2D eigenvalue weighted by atomic mass is 10.0. The van der Waals surface area contributed by atoms with Crippen LogP contribution in [0, 0.1) is 0 Å². The van der Waals surface area contributed by atoms with Gasteiger partial charge in [-0.15, -0.1) is 0 Å². The van der Waals surface area contributed by atoms with Gasteiger partial charge in [-0.3, -0.25) is 9.69 Å². The number of hydrogen-bond acceptors (Lipinski definition) is 3. The summed E-state index contributed by atoms with van der Waals surface area (Å²) in [5.41, 5.74) is 5.30. The highest BCUT2D eigenvalue weighted by molar-refractivity contribution is 5.86. The van der Waals surface area contributed by atoms with Crippen molar-refractivity contribution in [3.63, 3.8) is 0 Å². The molecule has 4 nitrogen and oxygen atoms in total. The molecule has 0 N–H and O–H groups in total. The summed E-state index contributed by atoms with van der Waals surface area (Å²) in [7, 11) is 5.64. The second-order valence-corrected chi connectivity index (χ2v) is 5.65. The van der Waals surface area contributed by atoms with E-state index in [0.717, 1.165) is 19.5 Å². The van der Waals surface area contributed by atoms with E-state index in [0.29, 0.717) is 6.42 Å². The Hall–Kier alpha value is -1.81. The van der Waals surface area contributed by atoms with Crippen LogP contribution in [0.5, 0.6) is 0 Å². The third kappa shape index (κ3) is 2.20. The average Bonchev–Trinajstić information content (AvgIpc) is 2.93. The number of aryl methyl sites for hydroxylation is 2. The second-order valence-electron chi connectivity index (χ2n) is 5.65. The maximum Gasteiger partial charge on any atom is 0.305 e. The molecule has 0 spiro atoms. The number of hydrogen-bond donors (Lipinski definition) is 0. The van der Waals surface area contributed by atoms with Crippen molar-refractivity contribution in [1.29, 1.82) is 0 Å². The fourth-order valence-corrected chi connectivity index (χ4v) is 3.07. The van der Waals surface area contributed by atoms with Gasteiger partial charge < -0.3 is 9.30 Å². The summed E-state index contributed by atoms with van der Waals surface area (Å²) in [6.45, 7) is 2.03. The number of carbonyl (C=O) groups excluding carboxylic acids is 1. The Bertz CT molecular complexity index is 673. The summed E-state index contributed by atoms with van der Waals surface area (Å²) >= 11 is 0. The molecule has 2 heterocycles. The summed E-state index contributed by atoms with van der Waals surface area (Å²) in [6, 6.07) is 4.58. The van der Waals surface area contributed by atoms with Crippen LogP contribution in [0.1, 0.15) is 23.1 Å². The van der Waals surface area contributed by atoms with Gasteiger partial charge in [0, 0.05) is 43.7 Å². The fraction of sp³-hybridized carbons (Fsp3) is 0.438. The Morgan fingerprint density at radius 1 is 1.25 bits per heavy atom. The van der Waals surface area contributed by atoms with Crippen LogP contribution >= 0.6 is 0 Å². The van der Waals surface area contributed by atoms with E-state index in [4.69, 9.17) is 4.74 Å². The number of carbonyl (C=O) groups is 1. The van der Waals surface area contributed by atoms with Crippen molar-refractivity contribution < 1.29 is 9.53 Å². The number of esters is 1. The first-order valence-electron chi connectivity index (χ1n) is 6.93. The first-order chi connectivity index (χ1) is 9.58. The molecule has 0 bridgehead atoms. The SMILES string of the molecule is COC(=O)CCc1cn(C)c2cc3c(cc12)CN(C)C3. The molecule has 3 rings (SSSR count). The van der Waals surface area contributed by atoms with E-state index in [1.807, 2.05) is 0 Å². The predicted molar refractivity (Wildman–Crippen MR) is 78.4 cm³/mol. The smallest absolute Gasteiger partial charge is 0.305 e. The van der Waals surface area contributed by atoms with E-state index in [1.54, 1.807) is 0 Å². The van der Waals surface area contributed by atoms with Crippen molar-refractivity contribution in [2.45, 2.75) is 25.9 Å². The molecule has 0 aliphatic carbocycles. The Kier molecular flexibility index (Phi) is 3.26. The number of aromatic nitrogens is 1. The molecule has 2 aromatic rings. The molecule has 1 aromatic heterocycles. The molecule has 0 radical (unpaired) electrons. The number of methoxy groups -OCH3 is 1. The monoisotopic (exact) mass is 272 g/mol. The quantitative estimate of drug-likeness (QED) is 0.804. The van der Waals surface area contributed by atoms with Crippen molar-refractivity contribution in [2.75, 3.05) is 14.2 Å². The molecule has 0 saturated heterocycles. The Morgan fingerprint density at radius 3 is 2.65 bits per heavy atom. The van der Waals surface area contributed by atoms with E-state index in [9.17, 15) is 4.79 Å². The molecule has 106 valence electrons. The van der Waals surface area contributed by atoms with Gasteiger partial charge in [0.15, 0.2) is 0 Å². The van der Waals surface area contributed by atoms with Gasteiger partial charge >= 0.3 is 5.97 Å². The van der Waals surface area contributed by atoms with Crippen molar-refractivity contribution >= 4 is 16.9 Å². The summed E-state index contributed by atoms with van der Waals surface area (Å²) in [5.74, 6) is -0.150. The van der Waals surface area contributed by atoms with Crippen LogP contribution < -0.4 is 0 Å². The molecule has 1 aromatic carbocycles. The first-order valence-corrected chi connectivity index (χ1v) is 6.93. The molecule has 0 atom stereocenters. The molecule has 20 heavy (non-hydrogen) atoms. The maximum atomic E-state index is 11.3. The molecule has 0 amide bonds. The van der Waals surface area contributed by atoms with E-state index in [1.165, 1.54) is 34.7 Å². The van der Waals surface area contributed by atoms with Crippen LogP contribution in [0.4, 0.5) is 0 Å².